The Balaban J connectivity index is 1.52. The van der Waals surface area contributed by atoms with Gasteiger partial charge in [0.05, 0.1) is 6.04 Å². The number of nitrogens with one attached hydrogen (secondary N) is 1. The van der Waals surface area contributed by atoms with Crippen LogP contribution in [0.4, 0.5) is 5.69 Å². The fourth-order valence-electron chi connectivity index (χ4n) is 2.88. The predicted octanol–water partition coefficient (Wildman–Crippen LogP) is 3.19. The molecule has 1 aliphatic rings. The van der Waals surface area contributed by atoms with E-state index >= 15 is 0 Å². The van der Waals surface area contributed by atoms with Crippen LogP contribution in [-0.4, -0.2) is 24.4 Å². The van der Waals surface area contributed by atoms with Crippen molar-refractivity contribution in [3.63, 3.8) is 0 Å². The maximum atomic E-state index is 12.2. The Morgan fingerprint density at radius 3 is 2.54 bits per heavy atom. The number of halogens is 1. The van der Waals surface area contributed by atoms with Crippen LogP contribution in [0.25, 0.3) is 0 Å². The first-order chi connectivity index (χ1) is 11.6. The fourth-order valence-corrected chi connectivity index (χ4v) is 3.00. The molecular formula is C19H19ClN2O2. The Morgan fingerprint density at radius 2 is 1.83 bits per heavy atom. The summed E-state index contributed by atoms with van der Waals surface area (Å²) in [6, 6.07) is 16.9. The summed E-state index contributed by atoms with van der Waals surface area (Å²) in [7, 11) is 0. The van der Waals surface area contributed by atoms with Crippen LogP contribution in [0.2, 0.25) is 5.02 Å². The van der Waals surface area contributed by atoms with Gasteiger partial charge >= 0.3 is 0 Å². The highest BCUT2D eigenvalue weighted by atomic mass is 35.5. The molecule has 0 radical (unpaired) electrons. The van der Waals surface area contributed by atoms with Crippen LogP contribution in [0.1, 0.15) is 18.4 Å². The Bertz CT molecular complexity index is 716. The Labute approximate surface area is 146 Å². The van der Waals surface area contributed by atoms with Crippen molar-refractivity contribution in [1.29, 1.82) is 0 Å². The van der Waals surface area contributed by atoms with E-state index in [-0.39, 0.29) is 17.9 Å². The number of carbonyl (C=O) groups is 2. The van der Waals surface area contributed by atoms with E-state index in [1.54, 1.807) is 17.0 Å². The molecule has 0 unspecified atom stereocenters. The van der Waals surface area contributed by atoms with Crippen LogP contribution in [0, 0.1) is 0 Å². The summed E-state index contributed by atoms with van der Waals surface area (Å²) in [5, 5.41) is 3.60. The van der Waals surface area contributed by atoms with Crippen molar-refractivity contribution in [2.45, 2.75) is 25.3 Å². The van der Waals surface area contributed by atoms with Crippen molar-refractivity contribution < 1.29 is 9.59 Å². The Kier molecular flexibility index (Phi) is 5.16. The van der Waals surface area contributed by atoms with E-state index in [9.17, 15) is 9.59 Å². The molecule has 4 nitrogen and oxygen atoms in total. The van der Waals surface area contributed by atoms with Gasteiger partial charge in [-0.05, 0) is 36.2 Å². The lowest BCUT2D eigenvalue weighted by molar-refractivity contribution is -0.121. The molecule has 2 amide bonds. The maximum absolute atomic E-state index is 12.2. The minimum absolute atomic E-state index is 0.0189. The van der Waals surface area contributed by atoms with Crippen LogP contribution in [0.15, 0.2) is 54.6 Å². The topological polar surface area (TPSA) is 49.4 Å². The van der Waals surface area contributed by atoms with Gasteiger partial charge in [-0.25, -0.2) is 0 Å². The van der Waals surface area contributed by atoms with E-state index < -0.39 is 0 Å². The number of amides is 2. The minimum atomic E-state index is -0.142. The van der Waals surface area contributed by atoms with Crippen LogP contribution in [-0.2, 0) is 16.0 Å². The average Bonchev–Trinajstić information content (AvgIpc) is 2.95. The first-order valence-electron chi connectivity index (χ1n) is 8.01. The summed E-state index contributed by atoms with van der Waals surface area (Å²) in [5.41, 5.74) is 1.95. The third kappa shape index (κ3) is 4.15. The van der Waals surface area contributed by atoms with Crippen molar-refractivity contribution in [3.8, 4) is 0 Å². The SMILES string of the molecule is O=C(CCc1ccccc1)N[C@@H]1CC(=O)N(c2ccc(Cl)cc2)C1. The second-order valence-corrected chi connectivity index (χ2v) is 6.37. The van der Waals surface area contributed by atoms with Gasteiger partial charge in [0.25, 0.3) is 0 Å². The van der Waals surface area contributed by atoms with Crippen LogP contribution in [0.5, 0.6) is 0 Å². The number of hydrogen-bond acceptors (Lipinski definition) is 2. The molecule has 1 fully saturated rings. The van der Waals surface area contributed by atoms with Crippen molar-refractivity contribution in [2.75, 3.05) is 11.4 Å². The van der Waals surface area contributed by atoms with E-state index in [4.69, 9.17) is 11.6 Å². The van der Waals surface area contributed by atoms with Crippen LogP contribution >= 0.6 is 11.6 Å². The molecule has 3 rings (SSSR count). The number of carbonyl (C=O) groups excluding carboxylic acids is 2. The van der Waals surface area contributed by atoms with E-state index in [0.717, 1.165) is 11.3 Å². The Hall–Kier alpha value is -2.33. The zero-order chi connectivity index (χ0) is 16.9. The first-order valence-corrected chi connectivity index (χ1v) is 8.39. The summed E-state index contributed by atoms with van der Waals surface area (Å²) < 4.78 is 0. The van der Waals surface area contributed by atoms with Gasteiger partial charge in [-0.1, -0.05) is 41.9 Å². The third-order valence-electron chi connectivity index (χ3n) is 4.11. The molecule has 2 aromatic carbocycles. The molecule has 1 saturated heterocycles. The monoisotopic (exact) mass is 342 g/mol. The second-order valence-electron chi connectivity index (χ2n) is 5.93. The quantitative estimate of drug-likeness (QED) is 0.907. The third-order valence-corrected chi connectivity index (χ3v) is 4.36. The van der Waals surface area contributed by atoms with Crippen LogP contribution < -0.4 is 10.2 Å². The summed E-state index contributed by atoms with van der Waals surface area (Å²) in [4.78, 5) is 26.0. The molecule has 1 heterocycles. The summed E-state index contributed by atoms with van der Waals surface area (Å²) >= 11 is 5.88. The van der Waals surface area contributed by atoms with Crippen LogP contribution in [0.3, 0.4) is 0 Å². The number of aryl methyl sites for hydroxylation is 1. The van der Waals surface area contributed by atoms with Crippen molar-refractivity contribution in [1.82, 2.24) is 5.32 Å². The van der Waals surface area contributed by atoms with Gasteiger partial charge in [0, 0.05) is 30.1 Å². The van der Waals surface area contributed by atoms with E-state index in [0.29, 0.717) is 30.8 Å². The van der Waals surface area contributed by atoms with E-state index in [1.165, 1.54) is 0 Å². The molecule has 0 spiro atoms. The highest BCUT2D eigenvalue weighted by Crippen LogP contribution is 2.23. The smallest absolute Gasteiger partial charge is 0.229 e. The van der Waals surface area contributed by atoms with Gasteiger partial charge in [0.1, 0.15) is 0 Å². The fraction of sp³-hybridized carbons (Fsp3) is 0.263. The molecule has 0 saturated carbocycles. The molecule has 5 heteroatoms. The summed E-state index contributed by atoms with van der Waals surface area (Å²) in [6.45, 7) is 0.498. The molecule has 1 N–H and O–H groups in total. The zero-order valence-electron chi connectivity index (χ0n) is 13.2. The highest BCUT2D eigenvalue weighted by Gasteiger charge is 2.31. The predicted molar refractivity (Wildman–Crippen MR) is 95.1 cm³/mol. The minimum Gasteiger partial charge on any atom is -0.351 e. The number of nitrogens with zero attached hydrogens (tertiary/aromatic N) is 1. The number of anilines is 1. The van der Waals surface area contributed by atoms with Crippen molar-refractivity contribution in [2.24, 2.45) is 0 Å². The molecule has 24 heavy (non-hydrogen) atoms. The number of hydrogen-bond donors (Lipinski definition) is 1. The summed E-state index contributed by atoms with van der Waals surface area (Å²) in [6.07, 6.45) is 1.46. The lowest BCUT2D eigenvalue weighted by atomic mass is 10.1. The van der Waals surface area contributed by atoms with Gasteiger partial charge in [0.2, 0.25) is 11.8 Å². The van der Waals surface area contributed by atoms with Gasteiger partial charge < -0.3 is 10.2 Å². The summed E-state index contributed by atoms with van der Waals surface area (Å²) in [5.74, 6) is 0.000269. The maximum Gasteiger partial charge on any atom is 0.229 e. The zero-order valence-corrected chi connectivity index (χ0v) is 14.0. The molecule has 0 aliphatic carbocycles. The second kappa shape index (κ2) is 7.49. The van der Waals surface area contributed by atoms with Crippen molar-refractivity contribution >= 4 is 29.1 Å². The van der Waals surface area contributed by atoms with Gasteiger partial charge in [-0.15, -0.1) is 0 Å². The molecule has 0 bridgehead atoms. The number of benzene rings is 2. The molecule has 124 valence electrons. The van der Waals surface area contributed by atoms with E-state index in [2.05, 4.69) is 5.32 Å². The van der Waals surface area contributed by atoms with Gasteiger partial charge in [-0.2, -0.15) is 0 Å². The number of rotatable bonds is 5. The lowest BCUT2D eigenvalue weighted by Gasteiger charge is -2.17. The molecule has 1 aliphatic heterocycles. The Morgan fingerprint density at radius 1 is 1.12 bits per heavy atom. The van der Waals surface area contributed by atoms with Crippen molar-refractivity contribution in [3.05, 3.63) is 65.2 Å². The lowest BCUT2D eigenvalue weighted by Crippen LogP contribution is -2.37. The van der Waals surface area contributed by atoms with E-state index in [1.807, 2.05) is 42.5 Å². The van der Waals surface area contributed by atoms with Gasteiger partial charge in [-0.3, -0.25) is 9.59 Å². The molecule has 0 aromatic heterocycles. The largest absolute Gasteiger partial charge is 0.351 e. The molecular weight excluding hydrogens is 324 g/mol. The molecule has 2 aromatic rings. The first kappa shape index (κ1) is 16.5. The van der Waals surface area contributed by atoms with Gasteiger partial charge in [0.15, 0.2) is 0 Å². The highest BCUT2D eigenvalue weighted by molar-refractivity contribution is 6.30. The average molecular weight is 343 g/mol. The normalized spacial score (nSPS) is 17.1. The molecule has 1 atom stereocenters. The standard InChI is InChI=1S/C19H19ClN2O2/c20-15-7-9-17(10-8-15)22-13-16(12-19(22)24)21-18(23)11-6-14-4-2-1-3-5-14/h1-5,7-10,16H,6,11-13H2,(H,21,23)/t16-/m1/s1.